The van der Waals surface area contributed by atoms with Crippen LogP contribution in [0.2, 0.25) is 0 Å². The second-order valence-corrected chi connectivity index (χ2v) is 4.93. The predicted molar refractivity (Wildman–Crippen MR) is 72.7 cm³/mol. The molecular formula is C16H14FNO. The lowest BCUT2D eigenvalue weighted by Gasteiger charge is -2.10. The van der Waals surface area contributed by atoms with Crippen LogP contribution < -0.4 is 5.32 Å². The lowest BCUT2D eigenvalue weighted by atomic mass is 9.92. The van der Waals surface area contributed by atoms with E-state index in [-0.39, 0.29) is 17.6 Å². The van der Waals surface area contributed by atoms with Crippen LogP contribution in [0.25, 0.3) is 0 Å². The van der Waals surface area contributed by atoms with Gasteiger partial charge in [0.05, 0.1) is 5.92 Å². The van der Waals surface area contributed by atoms with Crippen molar-refractivity contribution in [1.82, 2.24) is 0 Å². The molecule has 0 saturated carbocycles. The van der Waals surface area contributed by atoms with E-state index in [1.54, 1.807) is 18.2 Å². The Labute approximate surface area is 111 Å². The van der Waals surface area contributed by atoms with Gasteiger partial charge in [-0.2, -0.15) is 0 Å². The van der Waals surface area contributed by atoms with Crippen molar-refractivity contribution >= 4 is 11.6 Å². The molecule has 1 amide bonds. The summed E-state index contributed by atoms with van der Waals surface area (Å²) in [7, 11) is 0. The normalized spacial score (nSPS) is 17.2. The van der Waals surface area contributed by atoms with E-state index in [4.69, 9.17) is 0 Å². The van der Waals surface area contributed by atoms with E-state index >= 15 is 0 Å². The molecule has 0 fully saturated rings. The highest BCUT2D eigenvalue weighted by atomic mass is 19.1. The van der Waals surface area contributed by atoms with Gasteiger partial charge in [-0.1, -0.05) is 35.9 Å². The number of benzene rings is 2. The van der Waals surface area contributed by atoms with Crippen molar-refractivity contribution in [3.8, 4) is 0 Å². The number of carbonyl (C=O) groups is 1. The average Bonchev–Trinajstić information content (AvgIpc) is 2.69. The van der Waals surface area contributed by atoms with Crippen molar-refractivity contribution in [1.29, 1.82) is 0 Å². The molecule has 1 atom stereocenters. The van der Waals surface area contributed by atoms with Gasteiger partial charge in [0.15, 0.2) is 0 Å². The summed E-state index contributed by atoms with van der Waals surface area (Å²) in [5.74, 6) is -0.605. The number of anilines is 1. The van der Waals surface area contributed by atoms with Gasteiger partial charge in [0.1, 0.15) is 5.82 Å². The molecule has 1 N–H and O–H groups in total. The molecule has 0 unspecified atom stereocenters. The first-order valence-electron chi connectivity index (χ1n) is 6.30. The molecular weight excluding hydrogens is 241 g/mol. The number of nitrogens with one attached hydrogen (secondary N) is 1. The summed E-state index contributed by atoms with van der Waals surface area (Å²) in [6.07, 6.45) is 0.398. The lowest BCUT2D eigenvalue weighted by molar-refractivity contribution is -0.117. The second-order valence-electron chi connectivity index (χ2n) is 4.93. The average molecular weight is 255 g/mol. The maximum absolute atomic E-state index is 13.7. The monoisotopic (exact) mass is 255 g/mol. The first-order valence-corrected chi connectivity index (χ1v) is 6.30. The van der Waals surface area contributed by atoms with Crippen LogP contribution in [0.5, 0.6) is 0 Å². The molecule has 1 aliphatic heterocycles. The minimum absolute atomic E-state index is 0.0520. The molecule has 3 heteroatoms. The van der Waals surface area contributed by atoms with Crippen molar-refractivity contribution in [2.75, 3.05) is 5.32 Å². The van der Waals surface area contributed by atoms with Gasteiger partial charge in [-0.05, 0) is 36.6 Å². The SMILES string of the molecule is Cc1ccc2c(c1)[C@H](Cc1ccccc1F)C(=O)N2. The summed E-state index contributed by atoms with van der Waals surface area (Å²) < 4.78 is 13.7. The topological polar surface area (TPSA) is 29.1 Å². The Morgan fingerprint density at radius 3 is 2.79 bits per heavy atom. The number of amides is 1. The third kappa shape index (κ3) is 2.12. The zero-order chi connectivity index (χ0) is 13.4. The molecule has 0 spiro atoms. The van der Waals surface area contributed by atoms with E-state index in [9.17, 15) is 9.18 Å². The molecule has 0 radical (unpaired) electrons. The van der Waals surface area contributed by atoms with Gasteiger partial charge in [-0.3, -0.25) is 4.79 Å². The van der Waals surface area contributed by atoms with E-state index in [2.05, 4.69) is 5.32 Å². The fourth-order valence-corrected chi connectivity index (χ4v) is 2.53. The van der Waals surface area contributed by atoms with Crippen LogP contribution in [0.1, 0.15) is 22.6 Å². The van der Waals surface area contributed by atoms with Crippen molar-refractivity contribution < 1.29 is 9.18 Å². The third-order valence-corrected chi connectivity index (χ3v) is 3.54. The lowest BCUT2D eigenvalue weighted by Crippen LogP contribution is -2.14. The van der Waals surface area contributed by atoms with Crippen LogP contribution in [0.3, 0.4) is 0 Å². The Morgan fingerprint density at radius 1 is 1.21 bits per heavy atom. The molecule has 96 valence electrons. The van der Waals surface area contributed by atoms with Gasteiger partial charge in [-0.15, -0.1) is 0 Å². The molecule has 2 nitrogen and oxygen atoms in total. The molecule has 0 saturated heterocycles. The molecule has 2 aromatic carbocycles. The molecule has 0 bridgehead atoms. The van der Waals surface area contributed by atoms with Crippen molar-refractivity contribution in [3.63, 3.8) is 0 Å². The van der Waals surface area contributed by atoms with Crippen LogP contribution >= 0.6 is 0 Å². The summed E-state index contributed by atoms with van der Waals surface area (Å²) in [4.78, 5) is 12.0. The quantitative estimate of drug-likeness (QED) is 0.875. The second kappa shape index (κ2) is 4.50. The summed E-state index contributed by atoms with van der Waals surface area (Å²) in [5, 5.41) is 2.85. The Hall–Kier alpha value is -2.16. The van der Waals surface area contributed by atoms with E-state index in [1.165, 1.54) is 6.07 Å². The van der Waals surface area contributed by atoms with E-state index in [0.717, 1.165) is 16.8 Å². The molecule has 0 aromatic heterocycles. The summed E-state index contributed by atoms with van der Waals surface area (Å²) >= 11 is 0. The van der Waals surface area contributed by atoms with Crippen LogP contribution in [-0.4, -0.2) is 5.91 Å². The molecule has 3 rings (SSSR count). The van der Waals surface area contributed by atoms with E-state index in [0.29, 0.717) is 12.0 Å². The summed E-state index contributed by atoms with van der Waals surface area (Å²) in [5.41, 5.74) is 3.50. The van der Waals surface area contributed by atoms with Gasteiger partial charge < -0.3 is 5.32 Å². The number of rotatable bonds is 2. The van der Waals surface area contributed by atoms with Gasteiger partial charge in [-0.25, -0.2) is 4.39 Å². The number of fused-ring (bicyclic) bond motifs is 1. The number of carbonyl (C=O) groups excluding carboxylic acids is 1. The third-order valence-electron chi connectivity index (χ3n) is 3.54. The predicted octanol–water partition coefficient (Wildman–Crippen LogP) is 3.41. The zero-order valence-corrected chi connectivity index (χ0v) is 10.6. The highest BCUT2D eigenvalue weighted by Crippen LogP contribution is 2.35. The summed E-state index contributed by atoms with van der Waals surface area (Å²) in [6, 6.07) is 12.5. The fourth-order valence-electron chi connectivity index (χ4n) is 2.53. The zero-order valence-electron chi connectivity index (χ0n) is 10.6. The summed E-state index contributed by atoms with van der Waals surface area (Å²) in [6.45, 7) is 1.99. The van der Waals surface area contributed by atoms with Gasteiger partial charge in [0.25, 0.3) is 0 Å². The maximum Gasteiger partial charge on any atom is 0.232 e. The highest BCUT2D eigenvalue weighted by Gasteiger charge is 2.31. The highest BCUT2D eigenvalue weighted by molar-refractivity contribution is 6.03. The Kier molecular flexibility index (Phi) is 2.82. The number of hydrogen-bond acceptors (Lipinski definition) is 1. The number of hydrogen-bond donors (Lipinski definition) is 1. The van der Waals surface area contributed by atoms with Crippen molar-refractivity contribution in [2.45, 2.75) is 19.3 Å². The maximum atomic E-state index is 13.7. The van der Waals surface area contributed by atoms with Gasteiger partial charge in [0, 0.05) is 5.69 Å². The van der Waals surface area contributed by atoms with Gasteiger partial charge >= 0.3 is 0 Å². The largest absolute Gasteiger partial charge is 0.325 e. The molecule has 1 aliphatic rings. The van der Waals surface area contributed by atoms with Crippen LogP contribution in [0.15, 0.2) is 42.5 Å². The van der Waals surface area contributed by atoms with Gasteiger partial charge in [0.2, 0.25) is 5.91 Å². The van der Waals surface area contributed by atoms with Crippen molar-refractivity contribution in [3.05, 3.63) is 65.0 Å². The number of halogens is 1. The fraction of sp³-hybridized carbons (Fsp3) is 0.188. The molecule has 19 heavy (non-hydrogen) atoms. The Balaban J connectivity index is 1.97. The van der Waals surface area contributed by atoms with Crippen molar-refractivity contribution in [2.24, 2.45) is 0 Å². The Morgan fingerprint density at radius 2 is 2.00 bits per heavy atom. The molecule has 0 aliphatic carbocycles. The Bertz CT molecular complexity index is 651. The first-order chi connectivity index (χ1) is 9.15. The molecule has 1 heterocycles. The number of aryl methyl sites for hydroxylation is 1. The first kappa shape index (κ1) is 11.9. The molecule has 2 aromatic rings. The smallest absolute Gasteiger partial charge is 0.232 e. The van der Waals surface area contributed by atoms with E-state index < -0.39 is 0 Å². The van der Waals surface area contributed by atoms with Crippen LogP contribution in [0, 0.1) is 12.7 Å². The standard InChI is InChI=1S/C16H14FNO/c1-10-6-7-15-12(8-10)13(16(19)18-15)9-11-4-2-3-5-14(11)17/h2-8,13H,9H2,1H3,(H,18,19)/t13-/m0/s1. The minimum atomic E-state index is -0.299. The van der Waals surface area contributed by atoms with Crippen LogP contribution in [0.4, 0.5) is 10.1 Å². The van der Waals surface area contributed by atoms with E-state index in [1.807, 2.05) is 25.1 Å². The minimum Gasteiger partial charge on any atom is -0.325 e. The van der Waals surface area contributed by atoms with Crippen LogP contribution in [-0.2, 0) is 11.2 Å².